The van der Waals surface area contributed by atoms with Crippen LogP contribution < -0.4 is 10.6 Å². The molecule has 0 saturated heterocycles. The van der Waals surface area contributed by atoms with Crippen LogP contribution in [0.3, 0.4) is 0 Å². The van der Waals surface area contributed by atoms with E-state index in [1.807, 2.05) is 48.5 Å². The van der Waals surface area contributed by atoms with Crippen LogP contribution in [0, 0.1) is 5.82 Å². The van der Waals surface area contributed by atoms with Crippen molar-refractivity contribution >= 4 is 40.0 Å². The second-order valence-electron chi connectivity index (χ2n) is 6.57. The number of para-hydroxylation sites is 3. The third-order valence-electron chi connectivity index (χ3n) is 4.51. The Hall–Kier alpha value is -3.38. The number of imidazole rings is 1. The van der Waals surface area contributed by atoms with Gasteiger partial charge in [0.2, 0.25) is 0 Å². The molecule has 0 saturated carbocycles. The summed E-state index contributed by atoms with van der Waals surface area (Å²) in [6.45, 7) is 0. The molecule has 3 aromatic carbocycles. The van der Waals surface area contributed by atoms with Crippen molar-refractivity contribution < 1.29 is 9.18 Å². The molecule has 1 heterocycles. The molecule has 3 N–H and O–H groups in total. The van der Waals surface area contributed by atoms with E-state index in [2.05, 4.69) is 20.6 Å². The molecule has 146 valence electrons. The summed E-state index contributed by atoms with van der Waals surface area (Å²) in [5.74, 6) is 0.361. The van der Waals surface area contributed by atoms with E-state index in [1.165, 1.54) is 18.2 Å². The first-order valence-electron chi connectivity index (χ1n) is 9.13. The van der Waals surface area contributed by atoms with E-state index >= 15 is 0 Å². The zero-order valence-corrected chi connectivity index (χ0v) is 16.1. The first kappa shape index (κ1) is 19.0. The molecule has 7 heteroatoms. The molecule has 0 spiro atoms. The molecule has 0 atom stereocenters. The van der Waals surface area contributed by atoms with Crippen molar-refractivity contribution in [2.45, 2.75) is 12.8 Å². The Morgan fingerprint density at radius 3 is 2.62 bits per heavy atom. The molecule has 0 fully saturated rings. The van der Waals surface area contributed by atoms with Crippen LogP contribution >= 0.6 is 11.6 Å². The van der Waals surface area contributed by atoms with Crippen LogP contribution in [0.4, 0.5) is 20.6 Å². The minimum Gasteiger partial charge on any atom is -0.342 e. The summed E-state index contributed by atoms with van der Waals surface area (Å²) in [4.78, 5) is 20.3. The number of hydrogen-bond acceptors (Lipinski definition) is 2. The van der Waals surface area contributed by atoms with Crippen LogP contribution in [0.1, 0.15) is 11.4 Å². The van der Waals surface area contributed by atoms with E-state index in [-0.39, 0.29) is 5.02 Å². The summed E-state index contributed by atoms with van der Waals surface area (Å²) < 4.78 is 13.3. The van der Waals surface area contributed by atoms with Gasteiger partial charge < -0.3 is 15.6 Å². The highest BCUT2D eigenvalue weighted by Gasteiger charge is 2.10. The average Bonchev–Trinajstić information content (AvgIpc) is 3.13. The number of fused-ring (bicyclic) bond motifs is 1. The number of aryl methyl sites for hydroxylation is 2. The summed E-state index contributed by atoms with van der Waals surface area (Å²) in [6.07, 6.45) is 1.42. The first-order chi connectivity index (χ1) is 14.1. The molecule has 0 unspecified atom stereocenters. The number of aromatic amines is 1. The summed E-state index contributed by atoms with van der Waals surface area (Å²) in [6, 6.07) is 19.1. The van der Waals surface area contributed by atoms with Crippen molar-refractivity contribution in [1.29, 1.82) is 0 Å². The van der Waals surface area contributed by atoms with Gasteiger partial charge in [0.25, 0.3) is 0 Å². The fraction of sp³-hybridized carbons (Fsp3) is 0.0909. The number of nitrogens with one attached hydrogen (secondary N) is 3. The molecule has 2 amide bonds. The van der Waals surface area contributed by atoms with Gasteiger partial charge in [-0.05, 0) is 48.4 Å². The number of urea groups is 1. The average molecular weight is 409 g/mol. The predicted molar refractivity (Wildman–Crippen MR) is 114 cm³/mol. The van der Waals surface area contributed by atoms with Crippen LogP contribution in [0.5, 0.6) is 0 Å². The molecule has 0 bridgehead atoms. The molecule has 5 nitrogen and oxygen atoms in total. The topological polar surface area (TPSA) is 69.8 Å². The maximum absolute atomic E-state index is 13.3. The summed E-state index contributed by atoms with van der Waals surface area (Å²) >= 11 is 5.76. The normalized spacial score (nSPS) is 10.8. The second kappa shape index (κ2) is 8.32. The number of halogens is 2. The minimum absolute atomic E-state index is 0.0472. The lowest BCUT2D eigenvalue weighted by atomic mass is 10.1. The first-order valence-corrected chi connectivity index (χ1v) is 9.51. The third-order valence-corrected chi connectivity index (χ3v) is 4.80. The fourth-order valence-electron chi connectivity index (χ4n) is 3.10. The van der Waals surface area contributed by atoms with E-state index in [0.29, 0.717) is 24.2 Å². The zero-order valence-electron chi connectivity index (χ0n) is 15.4. The molecule has 4 rings (SSSR count). The number of carbonyl (C=O) groups excluding carboxylic acids is 1. The monoisotopic (exact) mass is 408 g/mol. The lowest BCUT2D eigenvalue weighted by Gasteiger charge is -2.12. The van der Waals surface area contributed by atoms with E-state index in [4.69, 9.17) is 11.6 Å². The number of nitrogens with zero attached hydrogens (tertiary/aromatic N) is 1. The number of hydrogen-bond donors (Lipinski definition) is 3. The van der Waals surface area contributed by atoms with Gasteiger partial charge in [-0.2, -0.15) is 0 Å². The Morgan fingerprint density at radius 1 is 1.00 bits per heavy atom. The predicted octanol–water partition coefficient (Wildman–Crippen LogP) is 5.78. The van der Waals surface area contributed by atoms with Crippen molar-refractivity contribution in [1.82, 2.24) is 9.97 Å². The number of carbonyl (C=O) groups is 1. The van der Waals surface area contributed by atoms with E-state index in [9.17, 15) is 9.18 Å². The van der Waals surface area contributed by atoms with Crippen molar-refractivity contribution in [3.63, 3.8) is 0 Å². The number of H-pyrrole nitrogens is 1. The highest BCUT2D eigenvalue weighted by molar-refractivity contribution is 6.31. The Bertz CT molecular complexity index is 1140. The molecular weight excluding hydrogens is 391 g/mol. The molecule has 0 aliphatic rings. The molecule has 0 aliphatic heterocycles. The van der Waals surface area contributed by atoms with Gasteiger partial charge in [0.1, 0.15) is 11.6 Å². The van der Waals surface area contributed by atoms with Gasteiger partial charge in [-0.25, -0.2) is 14.2 Å². The van der Waals surface area contributed by atoms with Crippen LogP contribution in [-0.4, -0.2) is 16.0 Å². The standard InChI is InChI=1S/C22H18ClFN4O/c23-16-13-15(10-11-17(16)24)25-22(29)28-18-6-2-1-5-14(18)9-12-21-26-19-7-3-4-8-20(19)27-21/h1-8,10-11,13H,9,12H2,(H,26,27)(H2,25,28,29). The largest absolute Gasteiger partial charge is 0.342 e. The third kappa shape index (κ3) is 4.55. The van der Waals surface area contributed by atoms with Gasteiger partial charge in [-0.15, -0.1) is 0 Å². The summed E-state index contributed by atoms with van der Waals surface area (Å²) in [7, 11) is 0. The Kier molecular flexibility index (Phi) is 5.44. The number of aromatic nitrogens is 2. The highest BCUT2D eigenvalue weighted by Crippen LogP contribution is 2.21. The molecule has 0 aliphatic carbocycles. The smallest absolute Gasteiger partial charge is 0.323 e. The number of amides is 2. The summed E-state index contributed by atoms with van der Waals surface area (Å²) in [5, 5.41) is 5.45. The van der Waals surface area contributed by atoms with Crippen molar-refractivity contribution in [3.8, 4) is 0 Å². The molecule has 4 aromatic rings. The van der Waals surface area contributed by atoms with E-state index in [0.717, 1.165) is 22.4 Å². The molecule has 0 radical (unpaired) electrons. The molecule has 1 aromatic heterocycles. The molecular formula is C22H18ClFN4O. The Labute approximate surface area is 171 Å². The van der Waals surface area contributed by atoms with Crippen molar-refractivity contribution in [2.24, 2.45) is 0 Å². The highest BCUT2D eigenvalue weighted by atomic mass is 35.5. The van der Waals surface area contributed by atoms with Gasteiger partial charge >= 0.3 is 6.03 Å². The van der Waals surface area contributed by atoms with Crippen LogP contribution in [0.15, 0.2) is 66.7 Å². The number of benzene rings is 3. The van der Waals surface area contributed by atoms with Crippen LogP contribution in [-0.2, 0) is 12.8 Å². The lowest BCUT2D eigenvalue weighted by Crippen LogP contribution is -2.20. The Balaban J connectivity index is 1.43. The number of anilines is 2. The van der Waals surface area contributed by atoms with Crippen molar-refractivity contribution in [2.75, 3.05) is 10.6 Å². The van der Waals surface area contributed by atoms with Gasteiger partial charge in [0.05, 0.1) is 16.1 Å². The van der Waals surface area contributed by atoms with Crippen molar-refractivity contribution in [3.05, 3.63) is 89.0 Å². The van der Waals surface area contributed by atoms with Gasteiger partial charge in [0.15, 0.2) is 0 Å². The van der Waals surface area contributed by atoms with E-state index in [1.54, 1.807) is 0 Å². The lowest BCUT2D eigenvalue weighted by molar-refractivity contribution is 0.262. The molecule has 29 heavy (non-hydrogen) atoms. The SMILES string of the molecule is O=C(Nc1ccc(F)c(Cl)c1)Nc1ccccc1CCc1nc2ccccc2[nH]1. The zero-order chi connectivity index (χ0) is 20.2. The van der Waals surface area contributed by atoms with Gasteiger partial charge in [-0.1, -0.05) is 41.9 Å². The number of rotatable bonds is 5. The Morgan fingerprint density at radius 2 is 1.79 bits per heavy atom. The van der Waals surface area contributed by atoms with Gasteiger partial charge in [0, 0.05) is 17.8 Å². The second-order valence-corrected chi connectivity index (χ2v) is 6.97. The van der Waals surface area contributed by atoms with Gasteiger partial charge in [-0.3, -0.25) is 0 Å². The van der Waals surface area contributed by atoms with Crippen LogP contribution in [0.2, 0.25) is 5.02 Å². The fourth-order valence-corrected chi connectivity index (χ4v) is 3.28. The maximum Gasteiger partial charge on any atom is 0.323 e. The minimum atomic E-state index is -0.534. The van der Waals surface area contributed by atoms with E-state index < -0.39 is 11.8 Å². The summed E-state index contributed by atoms with van der Waals surface area (Å²) in [5.41, 5.74) is 4.04. The van der Waals surface area contributed by atoms with Crippen LogP contribution in [0.25, 0.3) is 11.0 Å². The maximum atomic E-state index is 13.3. The quantitative estimate of drug-likeness (QED) is 0.391.